The van der Waals surface area contributed by atoms with Crippen LogP contribution in [-0.2, 0) is 24.2 Å². The van der Waals surface area contributed by atoms with Crippen molar-refractivity contribution in [2.45, 2.75) is 64.8 Å². The molecule has 1 N–H and O–H groups in total. The van der Waals surface area contributed by atoms with Crippen molar-refractivity contribution in [2.24, 2.45) is 0 Å². The predicted octanol–water partition coefficient (Wildman–Crippen LogP) is 4.61. The maximum absolute atomic E-state index is 12.4. The Hall–Kier alpha value is -3.35. The molecule has 2 heterocycles. The Morgan fingerprint density at radius 2 is 1.97 bits per heavy atom. The highest BCUT2D eigenvalue weighted by Crippen LogP contribution is 2.24. The van der Waals surface area contributed by atoms with Crippen molar-refractivity contribution in [3.05, 3.63) is 46.7 Å². The van der Waals surface area contributed by atoms with Crippen molar-refractivity contribution in [1.82, 2.24) is 25.2 Å². The van der Waals surface area contributed by atoms with Gasteiger partial charge in [-0.3, -0.25) is 14.3 Å². The summed E-state index contributed by atoms with van der Waals surface area (Å²) in [6, 6.07) is 5.25. The average molecular weight is 511 g/mol. The number of ketones is 1. The summed E-state index contributed by atoms with van der Waals surface area (Å²) < 4.78 is 42.6. The van der Waals surface area contributed by atoms with Gasteiger partial charge in [0.25, 0.3) is 0 Å². The fourth-order valence-electron chi connectivity index (χ4n) is 3.16. The van der Waals surface area contributed by atoms with Crippen LogP contribution in [-0.4, -0.2) is 43.2 Å². The molecule has 3 rings (SSSR count). The van der Waals surface area contributed by atoms with Crippen LogP contribution >= 0.6 is 11.3 Å². The van der Waals surface area contributed by atoms with Crippen molar-refractivity contribution in [2.75, 3.05) is 5.32 Å². The van der Waals surface area contributed by atoms with Gasteiger partial charge in [0, 0.05) is 19.4 Å². The number of halogens is 3. The van der Waals surface area contributed by atoms with Gasteiger partial charge in [-0.05, 0) is 37.0 Å². The fraction of sp³-hybridized carbons (Fsp3) is 0.455. The van der Waals surface area contributed by atoms with E-state index in [-0.39, 0.29) is 18.0 Å². The number of rotatable bonds is 13. The lowest BCUT2D eigenvalue weighted by atomic mass is 10.1. The van der Waals surface area contributed by atoms with E-state index in [0.717, 1.165) is 36.8 Å². The largest absolute Gasteiger partial charge is 0.573 e. The monoisotopic (exact) mass is 510 g/mol. The van der Waals surface area contributed by atoms with Gasteiger partial charge in [0.05, 0.1) is 12.6 Å². The number of Topliss-reactive ketones (excluding diaryl/α,β-unsaturated/α-hetero) is 1. The molecule has 1 aromatic carbocycles. The number of nitrogens with one attached hydrogen (secondary N) is 1. The Balaban J connectivity index is 1.40. The van der Waals surface area contributed by atoms with Crippen molar-refractivity contribution in [1.29, 1.82) is 0 Å². The van der Waals surface area contributed by atoms with E-state index < -0.39 is 12.3 Å². The Labute approximate surface area is 203 Å². The van der Waals surface area contributed by atoms with E-state index in [9.17, 15) is 22.8 Å². The molecule has 35 heavy (non-hydrogen) atoms. The minimum atomic E-state index is -4.80. The SMILES string of the molecule is CCCCC(=O)c1cn(CCCCc2nnc(NC(=O)Cc3cccc(OC(F)(F)F)c3)s2)nn1. The number of nitrogens with zero attached hydrogens (tertiary/aromatic N) is 5. The molecular weight excluding hydrogens is 485 g/mol. The van der Waals surface area contributed by atoms with Crippen LogP contribution in [0.4, 0.5) is 18.3 Å². The molecular formula is C22H25F3N6O3S. The van der Waals surface area contributed by atoms with Crippen molar-refractivity contribution in [3.8, 4) is 5.75 Å². The molecule has 0 bridgehead atoms. The van der Waals surface area contributed by atoms with Gasteiger partial charge < -0.3 is 10.1 Å². The zero-order valence-corrected chi connectivity index (χ0v) is 19.9. The summed E-state index contributed by atoms with van der Waals surface area (Å²) in [5.74, 6) is -0.803. The number of carbonyl (C=O) groups is 2. The van der Waals surface area contributed by atoms with E-state index in [1.54, 1.807) is 10.9 Å². The lowest BCUT2D eigenvalue weighted by Crippen LogP contribution is -2.17. The second-order valence-corrected chi connectivity index (χ2v) is 8.83. The van der Waals surface area contributed by atoms with Gasteiger partial charge >= 0.3 is 6.36 Å². The molecule has 0 aliphatic rings. The van der Waals surface area contributed by atoms with Crippen molar-refractivity contribution < 1.29 is 27.5 Å². The van der Waals surface area contributed by atoms with Crippen LogP contribution < -0.4 is 10.1 Å². The number of ether oxygens (including phenoxy) is 1. The molecule has 13 heteroatoms. The van der Waals surface area contributed by atoms with Gasteiger partial charge in [0.1, 0.15) is 16.5 Å². The summed E-state index contributed by atoms with van der Waals surface area (Å²) in [6.07, 6.45) is 1.25. The van der Waals surface area contributed by atoms with Crippen LogP contribution in [0, 0.1) is 0 Å². The fourth-order valence-corrected chi connectivity index (χ4v) is 3.96. The van der Waals surface area contributed by atoms with E-state index in [2.05, 4.69) is 30.6 Å². The van der Waals surface area contributed by atoms with Crippen LogP contribution in [0.2, 0.25) is 0 Å². The molecule has 188 valence electrons. The van der Waals surface area contributed by atoms with E-state index in [1.165, 1.54) is 29.5 Å². The Morgan fingerprint density at radius 1 is 1.14 bits per heavy atom. The highest BCUT2D eigenvalue weighted by molar-refractivity contribution is 7.15. The summed E-state index contributed by atoms with van der Waals surface area (Å²) in [7, 11) is 0. The molecule has 0 unspecified atom stereocenters. The minimum absolute atomic E-state index is 0.00359. The van der Waals surface area contributed by atoms with Gasteiger partial charge in [0.15, 0.2) is 5.78 Å². The molecule has 0 saturated carbocycles. The number of hydrogen-bond acceptors (Lipinski definition) is 8. The molecule has 1 amide bonds. The maximum atomic E-state index is 12.4. The number of carbonyl (C=O) groups excluding carboxylic acids is 2. The van der Waals surface area contributed by atoms with E-state index >= 15 is 0 Å². The molecule has 0 aliphatic heterocycles. The summed E-state index contributed by atoms with van der Waals surface area (Å²) >= 11 is 1.24. The standard InChI is InChI=1S/C22H25F3N6O3S/c1-2-3-9-18(32)17-14-31(30-27-17)11-5-4-10-20-28-29-21(35-20)26-19(33)13-15-7-6-8-16(12-15)34-22(23,24)25/h6-8,12,14H,2-5,9-11,13H2,1H3,(H,26,29,33). The third-order valence-corrected chi connectivity index (χ3v) is 5.72. The summed E-state index contributed by atoms with van der Waals surface area (Å²) in [6.45, 7) is 2.65. The first-order valence-corrected chi connectivity index (χ1v) is 11.9. The van der Waals surface area contributed by atoms with Gasteiger partial charge in [0.2, 0.25) is 11.0 Å². The molecule has 0 aliphatic carbocycles. The highest BCUT2D eigenvalue weighted by Gasteiger charge is 2.31. The van der Waals surface area contributed by atoms with Crippen LogP contribution in [0.3, 0.4) is 0 Å². The quantitative estimate of drug-likeness (QED) is 0.264. The molecule has 0 fully saturated rings. The first-order chi connectivity index (χ1) is 16.7. The lowest BCUT2D eigenvalue weighted by molar-refractivity contribution is -0.274. The number of amides is 1. The first kappa shape index (κ1) is 26.3. The predicted molar refractivity (Wildman–Crippen MR) is 122 cm³/mol. The van der Waals surface area contributed by atoms with Gasteiger partial charge in [-0.1, -0.05) is 42.0 Å². The van der Waals surface area contributed by atoms with Crippen molar-refractivity contribution >= 4 is 28.2 Å². The zero-order chi connectivity index (χ0) is 25.3. The molecule has 0 radical (unpaired) electrons. The topological polar surface area (TPSA) is 112 Å². The van der Waals surface area contributed by atoms with E-state index in [0.29, 0.717) is 35.8 Å². The van der Waals surface area contributed by atoms with Crippen molar-refractivity contribution in [3.63, 3.8) is 0 Å². The molecule has 2 aromatic heterocycles. The minimum Gasteiger partial charge on any atom is -0.406 e. The number of hydrogen-bond donors (Lipinski definition) is 1. The smallest absolute Gasteiger partial charge is 0.406 e. The van der Waals surface area contributed by atoms with Gasteiger partial charge in [-0.2, -0.15) is 0 Å². The zero-order valence-electron chi connectivity index (χ0n) is 19.0. The van der Waals surface area contributed by atoms with Crippen LogP contribution in [0.25, 0.3) is 0 Å². The number of unbranched alkanes of at least 4 members (excludes halogenated alkanes) is 2. The third kappa shape index (κ3) is 9.08. The number of aromatic nitrogens is 5. The van der Waals surface area contributed by atoms with E-state index in [4.69, 9.17) is 0 Å². The number of aryl methyl sites for hydroxylation is 2. The Morgan fingerprint density at radius 3 is 2.74 bits per heavy atom. The molecule has 0 atom stereocenters. The Kier molecular flexibility index (Phi) is 9.29. The second kappa shape index (κ2) is 12.4. The number of alkyl halides is 3. The first-order valence-electron chi connectivity index (χ1n) is 11.1. The highest BCUT2D eigenvalue weighted by atomic mass is 32.1. The Bertz CT molecular complexity index is 1130. The van der Waals surface area contributed by atoms with Crippen LogP contribution in [0.1, 0.15) is 60.1 Å². The van der Waals surface area contributed by atoms with E-state index in [1.807, 2.05) is 6.92 Å². The molecule has 0 spiro atoms. The maximum Gasteiger partial charge on any atom is 0.573 e. The second-order valence-electron chi connectivity index (χ2n) is 7.77. The number of anilines is 1. The average Bonchev–Trinajstić information content (AvgIpc) is 3.43. The van der Waals surface area contributed by atoms with Crippen LogP contribution in [0.5, 0.6) is 5.75 Å². The molecule has 9 nitrogen and oxygen atoms in total. The number of benzene rings is 1. The molecule has 0 saturated heterocycles. The lowest BCUT2D eigenvalue weighted by Gasteiger charge is -2.09. The normalized spacial score (nSPS) is 11.4. The summed E-state index contributed by atoms with van der Waals surface area (Å²) in [5, 5.41) is 19.6. The summed E-state index contributed by atoms with van der Waals surface area (Å²) in [5.41, 5.74) is 0.764. The van der Waals surface area contributed by atoms with Gasteiger partial charge in [-0.15, -0.1) is 28.5 Å². The van der Waals surface area contributed by atoms with Crippen LogP contribution in [0.15, 0.2) is 30.5 Å². The van der Waals surface area contributed by atoms with Gasteiger partial charge in [-0.25, -0.2) is 0 Å². The summed E-state index contributed by atoms with van der Waals surface area (Å²) in [4.78, 5) is 24.2. The molecule has 3 aromatic rings. The third-order valence-electron chi connectivity index (χ3n) is 4.82.